The maximum Gasteiger partial charge on any atom is 0.102 e. The van der Waals surface area contributed by atoms with Crippen molar-refractivity contribution in [1.82, 2.24) is 0 Å². The summed E-state index contributed by atoms with van der Waals surface area (Å²) in [5, 5.41) is 3.39. The van der Waals surface area contributed by atoms with E-state index in [1.54, 1.807) is 0 Å². The van der Waals surface area contributed by atoms with Gasteiger partial charge >= 0.3 is 0 Å². The highest BCUT2D eigenvalue weighted by atomic mass is 32.1. The molecule has 2 aromatic rings. The van der Waals surface area contributed by atoms with E-state index in [-0.39, 0.29) is 0 Å². The Bertz CT molecular complexity index is 805. The molecule has 1 aliphatic heterocycles. The number of nitrogens with zero attached hydrogens (tertiary/aromatic N) is 1. The maximum absolute atomic E-state index is 5.44. The molecule has 1 aliphatic rings. The quantitative estimate of drug-likeness (QED) is 0.798. The zero-order valence-electron chi connectivity index (χ0n) is 14.6. The number of aliphatic imine (C=N–C) groups is 1. The fourth-order valence-electron chi connectivity index (χ4n) is 3.26. The van der Waals surface area contributed by atoms with Crippen molar-refractivity contribution in [3.8, 4) is 0 Å². The molecule has 2 nitrogen and oxygen atoms in total. The largest absolute Gasteiger partial charge is 0.348 e. The molecule has 1 heterocycles. The molecule has 3 rings (SSSR count). The Balaban J connectivity index is 2.19. The molecule has 2 aromatic carbocycles. The zero-order chi connectivity index (χ0) is 17.1. The number of anilines is 1. The lowest BCUT2D eigenvalue weighted by Gasteiger charge is -2.16. The predicted octanol–water partition coefficient (Wildman–Crippen LogP) is 4.96. The summed E-state index contributed by atoms with van der Waals surface area (Å²) >= 11 is 5.44. The van der Waals surface area contributed by atoms with E-state index >= 15 is 0 Å². The third-order valence-electron chi connectivity index (χ3n) is 4.62. The molecular formula is C21H24N2S. The summed E-state index contributed by atoms with van der Waals surface area (Å²) in [6.45, 7) is 7.14. The summed E-state index contributed by atoms with van der Waals surface area (Å²) in [5.74, 6) is 0. The van der Waals surface area contributed by atoms with Crippen LogP contribution in [0.2, 0.25) is 0 Å². The van der Waals surface area contributed by atoms with Gasteiger partial charge in [-0.25, -0.2) is 0 Å². The van der Waals surface area contributed by atoms with Crippen LogP contribution in [0.1, 0.15) is 48.6 Å². The Morgan fingerprint density at radius 2 is 1.75 bits per heavy atom. The molecule has 0 spiro atoms. The Morgan fingerprint density at radius 3 is 2.46 bits per heavy atom. The monoisotopic (exact) mass is 336 g/mol. The predicted molar refractivity (Wildman–Crippen MR) is 108 cm³/mol. The van der Waals surface area contributed by atoms with Crippen molar-refractivity contribution in [2.45, 2.75) is 40.0 Å². The second-order valence-corrected chi connectivity index (χ2v) is 6.63. The molecule has 1 N–H and O–H groups in total. The molecule has 0 saturated carbocycles. The Kier molecular flexibility index (Phi) is 5.10. The second-order valence-electron chi connectivity index (χ2n) is 6.14. The minimum Gasteiger partial charge on any atom is -0.348 e. The summed E-state index contributed by atoms with van der Waals surface area (Å²) in [6.07, 6.45) is 3.09. The van der Waals surface area contributed by atoms with Gasteiger partial charge in [0, 0.05) is 16.8 Å². The topological polar surface area (TPSA) is 24.4 Å². The molecule has 0 amide bonds. The highest BCUT2D eigenvalue weighted by Crippen LogP contribution is 2.28. The molecule has 24 heavy (non-hydrogen) atoms. The number of hydrogen-bond donors (Lipinski definition) is 1. The van der Waals surface area contributed by atoms with Gasteiger partial charge in [0.25, 0.3) is 0 Å². The third kappa shape index (κ3) is 3.27. The van der Waals surface area contributed by atoms with Crippen LogP contribution in [0.5, 0.6) is 0 Å². The molecule has 0 unspecified atom stereocenters. The Hall–Kier alpha value is -2.00. The van der Waals surface area contributed by atoms with Gasteiger partial charge in [-0.1, -0.05) is 51.2 Å². The fourth-order valence-corrected chi connectivity index (χ4v) is 3.43. The normalized spacial score (nSPS) is 13.8. The second kappa shape index (κ2) is 7.27. The van der Waals surface area contributed by atoms with Crippen LogP contribution < -0.4 is 5.32 Å². The Labute approximate surface area is 150 Å². The Morgan fingerprint density at radius 1 is 1.00 bits per heavy atom. The number of nitrogens with one attached hydrogen (secondary N) is 1. The molecule has 124 valence electrons. The van der Waals surface area contributed by atoms with E-state index in [0.29, 0.717) is 6.54 Å². The first-order valence-electron chi connectivity index (χ1n) is 8.76. The van der Waals surface area contributed by atoms with Crippen molar-refractivity contribution < 1.29 is 0 Å². The number of thiocarbonyl (C=S) groups is 1. The van der Waals surface area contributed by atoms with E-state index in [2.05, 4.69) is 62.5 Å². The van der Waals surface area contributed by atoms with E-state index in [0.717, 1.165) is 41.2 Å². The van der Waals surface area contributed by atoms with Crippen LogP contribution in [-0.2, 0) is 19.3 Å². The van der Waals surface area contributed by atoms with Crippen molar-refractivity contribution in [3.63, 3.8) is 0 Å². The van der Waals surface area contributed by atoms with Crippen molar-refractivity contribution in [3.05, 3.63) is 64.2 Å². The number of rotatable bonds is 4. The van der Waals surface area contributed by atoms with Crippen molar-refractivity contribution >= 4 is 28.6 Å². The lowest BCUT2D eigenvalue weighted by atomic mass is 9.93. The summed E-state index contributed by atoms with van der Waals surface area (Å²) in [4.78, 5) is 5.62. The standard InChI is InChI=1S/C21H24N2S/c1-4-14-8-7-9-17(10-14)21-18-11-15(5-2)16(6-3)12-19(18)23-20(24)13-22-21/h7-12H,4-6,13H2,1-3H3,(H,23,24). The van der Waals surface area contributed by atoms with Gasteiger partial charge in [0.15, 0.2) is 0 Å². The maximum atomic E-state index is 5.44. The first kappa shape index (κ1) is 16.8. The summed E-state index contributed by atoms with van der Waals surface area (Å²) in [5.41, 5.74) is 8.58. The molecule has 0 atom stereocenters. The van der Waals surface area contributed by atoms with Gasteiger partial charge in [0.05, 0.1) is 12.3 Å². The van der Waals surface area contributed by atoms with E-state index in [9.17, 15) is 0 Å². The van der Waals surface area contributed by atoms with E-state index in [4.69, 9.17) is 17.2 Å². The first-order valence-corrected chi connectivity index (χ1v) is 9.16. The van der Waals surface area contributed by atoms with Gasteiger partial charge in [-0.3, -0.25) is 4.99 Å². The van der Waals surface area contributed by atoms with Crippen molar-refractivity contribution in [2.24, 2.45) is 4.99 Å². The molecule has 0 aromatic heterocycles. The lowest BCUT2D eigenvalue weighted by molar-refractivity contribution is 1.04. The van der Waals surface area contributed by atoms with Crippen LogP contribution in [-0.4, -0.2) is 17.2 Å². The molecular weight excluding hydrogens is 312 g/mol. The average Bonchev–Trinajstić information content (AvgIpc) is 2.78. The molecule has 0 saturated heterocycles. The van der Waals surface area contributed by atoms with Gasteiger partial charge in [0.1, 0.15) is 4.99 Å². The summed E-state index contributed by atoms with van der Waals surface area (Å²) < 4.78 is 0. The third-order valence-corrected chi connectivity index (χ3v) is 4.85. The minimum absolute atomic E-state index is 0.540. The molecule has 0 radical (unpaired) electrons. The highest BCUT2D eigenvalue weighted by Gasteiger charge is 2.18. The van der Waals surface area contributed by atoms with E-state index in [1.807, 2.05) is 0 Å². The van der Waals surface area contributed by atoms with Crippen LogP contribution >= 0.6 is 12.2 Å². The number of benzodiazepines with no additional fused rings is 1. The highest BCUT2D eigenvalue weighted by molar-refractivity contribution is 7.80. The van der Waals surface area contributed by atoms with Gasteiger partial charge in [0.2, 0.25) is 0 Å². The molecule has 3 heteroatoms. The minimum atomic E-state index is 0.540. The lowest BCUT2D eigenvalue weighted by Crippen LogP contribution is -2.12. The summed E-state index contributed by atoms with van der Waals surface area (Å²) in [6, 6.07) is 13.2. The number of fused-ring (bicyclic) bond motifs is 1. The van der Waals surface area contributed by atoms with Gasteiger partial charge in [-0.15, -0.1) is 0 Å². The van der Waals surface area contributed by atoms with Crippen molar-refractivity contribution in [2.75, 3.05) is 11.9 Å². The SMILES string of the molecule is CCc1cccc(C2=NCC(=S)Nc3cc(CC)c(CC)cc32)c1. The van der Waals surface area contributed by atoms with E-state index in [1.165, 1.54) is 22.3 Å². The zero-order valence-corrected chi connectivity index (χ0v) is 15.5. The van der Waals surface area contributed by atoms with Crippen LogP contribution in [0.15, 0.2) is 41.4 Å². The molecule has 0 fully saturated rings. The van der Waals surface area contributed by atoms with Crippen LogP contribution in [0, 0.1) is 0 Å². The molecule has 0 bridgehead atoms. The van der Waals surface area contributed by atoms with Gasteiger partial charge < -0.3 is 5.32 Å². The molecule has 0 aliphatic carbocycles. The first-order chi connectivity index (χ1) is 11.7. The van der Waals surface area contributed by atoms with Crippen LogP contribution in [0.3, 0.4) is 0 Å². The average molecular weight is 337 g/mol. The van der Waals surface area contributed by atoms with Gasteiger partial charge in [-0.05, 0) is 54.2 Å². The van der Waals surface area contributed by atoms with Crippen molar-refractivity contribution in [1.29, 1.82) is 0 Å². The number of benzene rings is 2. The fraction of sp³-hybridized carbons (Fsp3) is 0.333. The van der Waals surface area contributed by atoms with Gasteiger partial charge in [-0.2, -0.15) is 0 Å². The number of aryl methyl sites for hydroxylation is 3. The van der Waals surface area contributed by atoms with Crippen LogP contribution in [0.25, 0.3) is 0 Å². The summed E-state index contributed by atoms with van der Waals surface area (Å²) in [7, 11) is 0. The van der Waals surface area contributed by atoms with Crippen LogP contribution in [0.4, 0.5) is 5.69 Å². The van der Waals surface area contributed by atoms with E-state index < -0.39 is 0 Å². The smallest absolute Gasteiger partial charge is 0.102 e. The number of hydrogen-bond acceptors (Lipinski definition) is 2.